The molecule has 0 fully saturated rings. The molecule has 6 heavy (non-hydrogen) atoms. The van der Waals surface area contributed by atoms with E-state index in [0.717, 1.165) is 6.42 Å². The Labute approximate surface area is 39.6 Å². The van der Waals surface area contributed by atoms with Crippen LogP contribution in [-0.4, -0.2) is 0 Å². The van der Waals surface area contributed by atoms with Crippen molar-refractivity contribution >= 4 is 0 Å². The van der Waals surface area contributed by atoms with E-state index in [1.165, 1.54) is 0 Å². The maximum Gasteiger partial charge on any atom is 0.00576 e. The number of hydrogen-bond donors (Lipinski definition) is 0. The van der Waals surface area contributed by atoms with Gasteiger partial charge in [-0.05, 0) is 0 Å². The van der Waals surface area contributed by atoms with Crippen molar-refractivity contribution in [3.63, 3.8) is 0 Å². The van der Waals surface area contributed by atoms with E-state index in [1.807, 2.05) is 6.92 Å². The molecule has 0 spiro atoms. The Morgan fingerprint density at radius 3 is 1.67 bits per heavy atom. The summed E-state index contributed by atoms with van der Waals surface area (Å²) in [5.41, 5.74) is 0. The Hall–Kier alpha value is -0.880. The molecule has 0 aliphatic rings. The predicted octanol–water partition coefficient (Wildman–Crippen LogP) is 1.28. The minimum Gasteiger partial charge on any atom is -0.124 e. The lowest BCUT2D eigenvalue weighted by Gasteiger charge is -1.52. The summed E-state index contributed by atoms with van der Waals surface area (Å²) in [6, 6.07) is 0. The number of terminal acetylenes is 2. The highest BCUT2D eigenvalue weighted by molar-refractivity contribution is 4.80. The molecule has 0 radical (unpaired) electrons. The lowest BCUT2D eigenvalue weighted by atomic mass is 10.5. The van der Waals surface area contributed by atoms with Gasteiger partial charge in [0.15, 0.2) is 0 Å². The minimum absolute atomic E-state index is 0.847. The molecule has 0 heteroatoms. The summed E-state index contributed by atoms with van der Waals surface area (Å²) in [6.07, 6.45) is 13.6. The smallest absolute Gasteiger partial charge is 0.00576 e. The van der Waals surface area contributed by atoms with E-state index in [2.05, 4.69) is 18.8 Å². The molecule has 0 heterocycles. The molecular weight excluding hydrogens is 72.1 g/mol. The van der Waals surface area contributed by atoms with Crippen LogP contribution in [0.4, 0.5) is 0 Å². The molecule has 0 aromatic carbocycles. The molecule has 0 rings (SSSR count). The second kappa shape index (κ2) is 32.0. The van der Waals surface area contributed by atoms with E-state index in [0.29, 0.717) is 0 Å². The Morgan fingerprint density at radius 1 is 1.50 bits per heavy atom. The van der Waals surface area contributed by atoms with Gasteiger partial charge in [0, 0.05) is 6.42 Å². The van der Waals surface area contributed by atoms with Crippen molar-refractivity contribution in [3.8, 4) is 25.2 Å². The summed E-state index contributed by atoms with van der Waals surface area (Å²) >= 11 is 0. The third-order valence-corrected chi connectivity index (χ3v) is 0.204. The molecule has 0 unspecified atom stereocenters. The van der Waals surface area contributed by atoms with Gasteiger partial charge < -0.3 is 0 Å². The molecule has 0 aliphatic heterocycles. The van der Waals surface area contributed by atoms with Crippen LogP contribution in [0.2, 0.25) is 0 Å². The molecular formula is C6H8. The average molecular weight is 80.1 g/mol. The van der Waals surface area contributed by atoms with Gasteiger partial charge in [-0.25, -0.2) is 0 Å². The fourth-order valence-corrected chi connectivity index (χ4v) is 0. The number of hydrogen-bond acceptors (Lipinski definition) is 0. The van der Waals surface area contributed by atoms with Gasteiger partial charge in [-0.2, -0.15) is 0 Å². The van der Waals surface area contributed by atoms with Crippen LogP contribution < -0.4 is 0 Å². The van der Waals surface area contributed by atoms with Crippen molar-refractivity contribution in [1.82, 2.24) is 0 Å². The maximum atomic E-state index is 4.78. The molecule has 0 bridgehead atoms. The van der Waals surface area contributed by atoms with Gasteiger partial charge in [-0.1, -0.05) is 6.92 Å². The van der Waals surface area contributed by atoms with Gasteiger partial charge in [-0.3, -0.25) is 0 Å². The Balaban J connectivity index is 0. The molecule has 0 aliphatic carbocycles. The topological polar surface area (TPSA) is 0 Å². The summed E-state index contributed by atoms with van der Waals surface area (Å²) in [5.74, 6) is 2.43. The highest BCUT2D eigenvalue weighted by atomic mass is 13.5. The van der Waals surface area contributed by atoms with Crippen molar-refractivity contribution in [2.75, 3.05) is 0 Å². The van der Waals surface area contributed by atoms with Crippen LogP contribution in [0.3, 0.4) is 0 Å². The first-order chi connectivity index (χ1) is 2.91. The van der Waals surface area contributed by atoms with Crippen LogP contribution in [0.5, 0.6) is 0 Å². The normalized spacial score (nSPS) is 3.67. The minimum atomic E-state index is 0.847. The van der Waals surface area contributed by atoms with E-state index >= 15 is 0 Å². The molecule has 0 atom stereocenters. The zero-order valence-electron chi connectivity index (χ0n) is 3.94. The van der Waals surface area contributed by atoms with Crippen molar-refractivity contribution in [2.45, 2.75) is 13.3 Å². The second-order valence-electron chi connectivity index (χ2n) is 0.558. The Morgan fingerprint density at radius 2 is 1.67 bits per heavy atom. The fourth-order valence-electron chi connectivity index (χ4n) is 0. The van der Waals surface area contributed by atoms with Gasteiger partial charge in [0.05, 0.1) is 0 Å². The maximum absolute atomic E-state index is 4.78. The van der Waals surface area contributed by atoms with Crippen LogP contribution in [0.1, 0.15) is 13.3 Å². The third-order valence-electron chi connectivity index (χ3n) is 0.204. The summed E-state index contributed by atoms with van der Waals surface area (Å²) in [4.78, 5) is 0. The standard InChI is InChI=1S/C4H6.C2H2/c1-3-4-2;1-2/h1H,4H2,2H3;1-2H. The molecule has 0 saturated heterocycles. The highest BCUT2D eigenvalue weighted by Crippen LogP contribution is 1.58. The highest BCUT2D eigenvalue weighted by Gasteiger charge is 1.43. The molecule has 0 N–H and O–H groups in total. The third kappa shape index (κ3) is 974. The summed E-state index contributed by atoms with van der Waals surface area (Å²) < 4.78 is 0. The number of rotatable bonds is 0. The van der Waals surface area contributed by atoms with E-state index < -0.39 is 0 Å². The Kier molecular flexibility index (Phi) is 47.6. The fraction of sp³-hybridized carbons (Fsp3) is 0.333. The summed E-state index contributed by atoms with van der Waals surface area (Å²) in [5, 5.41) is 0. The monoisotopic (exact) mass is 80.1 g/mol. The quantitative estimate of drug-likeness (QED) is 0.384. The molecule has 0 aromatic heterocycles. The molecule has 0 saturated carbocycles. The zero-order valence-corrected chi connectivity index (χ0v) is 3.94. The van der Waals surface area contributed by atoms with Gasteiger partial charge in [-0.15, -0.1) is 25.2 Å². The van der Waals surface area contributed by atoms with E-state index in [9.17, 15) is 0 Å². The first kappa shape index (κ1) is 8.93. The first-order valence-corrected chi connectivity index (χ1v) is 1.68. The largest absolute Gasteiger partial charge is 0.124 e. The summed E-state index contributed by atoms with van der Waals surface area (Å²) in [7, 11) is 0. The predicted molar refractivity (Wildman–Crippen MR) is 29.0 cm³/mol. The molecule has 32 valence electrons. The zero-order chi connectivity index (χ0) is 5.41. The molecule has 0 amide bonds. The van der Waals surface area contributed by atoms with E-state index in [4.69, 9.17) is 6.42 Å². The summed E-state index contributed by atoms with van der Waals surface area (Å²) in [6.45, 7) is 1.94. The van der Waals surface area contributed by atoms with Gasteiger partial charge in [0.25, 0.3) is 0 Å². The van der Waals surface area contributed by atoms with Crippen LogP contribution >= 0.6 is 0 Å². The van der Waals surface area contributed by atoms with Crippen LogP contribution in [0.25, 0.3) is 0 Å². The van der Waals surface area contributed by atoms with Crippen LogP contribution in [0, 0.1) is 25.2 Å². The van der Waals surface area contributed by atoms with Crippen molar-refractivity contribution < 1.29 is 0 Å². The van der Waals surface area contributed by atoms with E-state index in [-0.39, 0.29) is 0 Å². The van der Waals surface area contributed by atoms with Crippen molar-refractivity contribution in [2.24, 2.45) is 0 Å². The SMILES string of the molecule is C#C.C#CCC. The lowest BCUT2D eigenvalue weighted by molar-refractivity contribution is 1.28. The second-order valence-corrected chi connectivity index (χ2v) is 0.558. The first-order valence-electron chi connectivity index (χ1n) is 1.68. The lowest BCUT2D eigenvalue weighted by Crippen LogP contribution is -1.38. The van der Waals surface area contributed by atoms with Gasteiger partial charge in [0.2, 0.25) is 0 Å². The van der Waals surface area contributed by atoms with E-state index in [1.54, 1.807) is 0 Å². The molecule has 0 nitrogen and oxygen atoms in total. The van der Waals surface area contributed by atoms with Crippen molar-refractivity contribution in [3.05, 3.63) is 0 Å². The molecule has 0 aromatic rings. The Bertz CT molecular complexity index is 52.2. The van der Waals surface area contributed by atoms with Crippen LogP contribution in [-0.2, 0) is 0 Å². The van der Waals surface area contributed by atoms with Crippen molar-refractivity contribution in [1.29, 1.82) is 0 Å². The van der Waals surface area contributed by atoms with Crippen LogP contribution in [0.15, 0.2) is 0 Å². The van der Waals surface area contributed by atoms with Gasteiger partial charge in [0.1, 0.15) is 0 Å². The van der Waals surface area contributed by atoms with Gasteiger partial charge >= 0.3 is 0 Å². The average Bonchev–Trinajstić information content (AvgIpc) is 1.72.